The van der Waals surface area contributed by atoms with Gasteiger partial charge in [-0.25, -0.2) is 4.99 Å². The van der Waals surface area contributed by atoms with E-state index in [-0.39, 0.29) is 5.79 Å². The molecule has 0 radical (unpaired) electrons. The molecule has 0 spiro atoms. The monoisotopic (exact) mass is 276 g/mol. The molecule has 0 aromatic heterocycles. The maximum atomic E-state index is 4.89. The molecule has 4 heteroatoms. The van der Waals surface area contributed by atoms with Crippen molar-refractivity contribution in [3.63, 3.8) is 0 Å². The first kappa shape index (κ1) is 15.3. The highest BCUT2D eigenvalue weighted by atomic mass is 15.7. The standard InChI is InChI=1S/C16H28N4/c1-3-5-8-12-16(17-13-9-6-4-2)18-15-11-7-10-14-20(15)19-16/h7,10-11,14,17,19H,3-6,8-9,12-13H2,1-2H3. The third-order valence-corrected chi connectivity index (χ3v) is 3.79. The third-order valence-electron chi connectivity index (χ3n) is 3.79. The first-order chi connectivity index (χ1) is 9.79. The van der Waals surface area contributed by atoms with Gasteiger partial charge in [-0.1, -0.05) is 45.6 Å². The molecule has 0 saturated carbocycles. The molecule has 0 aliphatic carbocycles. The molecule has 0 fully saturated rings. The minimum Gasteiger partial charge on any atom is -0.279 e. The molecule has 2 heterocycles. The predicted molar refractivity (Wildman–Crippen MR) is 85.1 cm³/mol. The largest absolute Gasteiger partial charge is 0.279 e. The summed E-state index contributed by atoms with van der Waals surface area (Å²) in [4.78, 5) is 4.89. The zero-order valence-electron chi connectivity index (χ0n) is 12.9. The van der Waals surface area contributed by atoms with Crippen molar-refractivity contribution in [1.82, 2.24) is 15.8 Å². The second-order valence-electron chi connectivity index (χ2n) is 5.60. The van der Waals surface area contributed by atoms with Crippen LogP contribution in [0.15, 0.2) is 29.4 Å². The van der Waals surface area contributed by atoms with Gasteiger partial charge in [-0.15, -0.1) is 0 Å². The average Bonchev–Trinajstić information content (AvgIpc) is 2.83. The second-order valence-corrected chi connectivity index (χ2v) is 5.60. The normalized spacial score (nSPS) is 24.1. The van der Waals surface area contributed by atoms with Gasteiger partial charge in [0.2, 0.25) is 0 Å². The number of rotatable bonds is 9. The number of hydrazine groups is 1. The number of nitrogens with zero attached hydrogens (tertiary/aromatic N) is 2. The van der Waals surface area contributed by atoms with Crippen molar-refractivity contribution in [3.8, 4) is 0 Å². The highest BCUT2D eigenvalue weighted by molar-refractivity contribution is 5.95. The molecule has 2 aliphatic heterocycles. The van der Waals surface area contributed by atoms with Crippen LogP contribution in [0.4, 0.5) is 0 Å². The second kappa shape index (κ2) is 7.60. The van der Waals surface area contributed by atoms with Crippen molar-refractivity contribution < 1.29 is 0 Å². The maximum Gasteiger partial charge on any atom is 0.183 e. The van der Waals surface area contributed by atoms with E-state index in [9.17, 15) is 0 Å². The topological polar surface area (TPSA) is 39.7 Å². The number of amidine groups is 1. The molecule has 0 amide bonds. The van der Waals surface area contributed by atoms with Crippen LogP contribution in [-0.4, -0.2) is 23.2 Å². The molecule has 20 heavy (non-hydrogen) atoms. The molecule has 112 valence electrons. The van der Waals surface area contributed by atoms with E-state index in [1.165, 1.54) is 38.5 Å². The lowest BCUT2D eigenvalue weighted by atomic mass is 10.1. The first-order valence-corrected chi connectivity index (χ1v) is 8.06. The SMILES string of the molecule is CCCCCNC1(CCCCC)N=C2C=CC=CN2N1. The molecule has 2 rings (SSSR count). The van der Waals surface area contributed by atoms with Crippen LogP contribution in [0.25, 0.3) is 0 Å². The van der Waals surface area contributed by atoms with Gasteiger partial charge in [0.05, 0.1) is 0 Å². The van der Waals surface area contributed by atoms with E-state index < -0.39 is 0 Å². The Labute approximate surface area is 123 Å². The zero-order valence-corrected chi connectivity index (χ0v) is 12.9. The average molecular weight is 276 g/mol. The van der Waals surface area contributed by atoms with Crippen LogP contribution in [0, 0.1) is 0 Å². The van der Waals surface area contributed by atoms with Crippen molar-refractivity contribution in [2.45, 2.75) is 64.6 Å². The molecule has 4 nitrogen and oxygen atoms in total. The number of allylic oxidation sites excluding steroid dienone is 2. The van der Waals surface area contributed by atoms with Crippen LogP contribution in [0.1, 0.15) is 58.8 Å². The fourth-order valence-electron chi connectivity index (χ4n) is 2.62. The lowest BCUT2D eigenvalue weighted by Crippen LogP contribution is -2.56. The molecular formula is C16H28N4. The Morgan fingerprint density at radius 2 is 1.95 bits per heavy atom. The van der Waals surface area contributed by atoms with Gasteiger partial charge >= 0.3 is 0 Å². The predicted octanol–water partition coefficient (Wildman–Crippen LogP) is 3.30. The zero-order chi connectivity index (χ0) is 14.3. The van der Waals surface area contributed by atoms with Crippen molar-refractivity contribution in [2.75, 3.05) is 6.54 Å². The van der Waals surface area contributed by atoms with Gasteiger partial charge in [0.15, 0.2) is 5.79 Å². The van der Waals surface area contributed by atoms with E-state index in [0.29, 0.717) is 0 Å². The summed E-state index contributed by atoms with van der Waals surface area (Å²) < 4.78 is 0. The molecule has 0 saturated heterocycles. The van der Waals surface area contributed by atoms with Gasteiger partial charge in [-0.05, 0) is 31.5 Å². The Morgan fingerprint density at radius 3 is 2.70 bits per heavy atom. The minimum absolute atomic E-state index is 0.308. The summed E-state index contributed by atoms with van der Waals surface area (Å²) >= 11 is 0. The Bertz CT molecular complexity index is 386. The van der Waals surface area contributed by atoms with Gasteiger partial charge < -0.3 is 0 Å². The van der Waals surface area contributed by atoms with Crippen LogP contribution < -0.4 is 10.7 Å². The Kier molecular flexibility index (Phi) is 5.80. The molecule has 0 bridgehead atoms. The Morgan fingerprint density at radius 1 is 1.15 bits per heavy atom. The molecule has 1 atom stereocenters. The Balaban J connectivity index is 1.96. The molecular weight excluding hydrogens is 248 g/mol. The molecule has 0 aromatic carbocycles. The quantitative estimate of drug-likeness (QED) is 0.635. The van der Waals surface area contributed by atoms with Crippen LogP contribution >= 0.6 is 0 Å². The lowest BCUT2D eigenvalue weighted by Gasteiger charge is -2.29. The summed E-state index contributed by atoms with van der Waals surface area (Å²) in [6.07, 6.45) is 16.6. The number of hydrogen-bond donors (Lipinski definition) is 2. The summed E-state index contributed by atoms with van der Waals surface area (Å²) in [7, 11) is 0. The molecule has 2 aliphatic rings. The highest BCUT2D eigenvalue weighted by Crippen LogP contribution is 2.22. The number of aliphatic imine (C=N–C) groups is 1. The van der Waals surface area contributed by atoms with E-state index >= 15 is 0 Å². The van der Waals surface area contributed by atoms with Crippen molar-refractivity contribution in [3.05, 3.63) is 24.4 Å². The first-order valence-electron chi connectivity index (χ1n) is 8.06. The summed E-state index contributed by atoms with van der Waals surface area (Å²) in [5, 5.41) is 5.66. The van der Waals surface area contributed by atoms with E-state index in [1.54, 1.807) is 0 Å². The van der Waals surface area contributed by atoms with Gasteiger partial charge in [-0.3, -0.25) is 10.3 Å². The molecule has 2 N–H and O–H groups in total. The fourth-order valence-corrected chi connectivity index (χ4v) is 2.62. The van der Waals surface area contributed by atoms with Gasteiger partial charge in [0.1, 0.15) is 5.84 Å². The van der Waals surface area contributed by atoms with E-state index in [1.807, 2.05) is 23.4 Å². The molecule has 0 aromatic rings. The highest BCUT2D eigenvalue weighted by Gasteiger charge is 2.36. The number of fused-ring (bicyclic) bond motifs is 1. The summed E-state index contributed by atoms with van der Waals surface area (Å²) in [6, 6.07) is 0. The van der Waals surface area contributed by atoms with Crippen LogP contribution in [0.5, 0.6) is 0 Å². The van der Waals surface area contributed by atoms with E-state index in [4.69, 9.17) is 4.99 Å². The summed E-state index contributed by atoms with van der Waals surface area (Å²) in [5.41, 5.74) is 3.52. The summed E-state index contributed by atoms with van der Waals surface area (Å²) in [6.45, 7) is 5.50. The van der Waals surface area contributed by atoms with Gasteiger partial charge in [0.25, 0.3) is 0 Å². The molecule has 1 unspecified atom stereocenters. The minimum atomic E-state index is -0.308. The van der Waals surface area contributed by atoms with Crippen molar-refractivity contribution in [1.29, 1.82) is 0 Å². The smallest absolute Gasteiger partial charge is 0.183 e. The lowest BCUT2D eigenvalue weighted by molar-refractivity contribution is 0.193. The number of hydrogen-bond acceptors (Lipinski definition) is 4. The fraction of sp³-hybridized carbons (Fsp3) is 0.688. The van der Waals surface area contributed by atoms with Crippen LogP contribution in [0.2, 0.25) is 0 Å². The third kappa shape index (κ3) is 3.93. The Hall–Kier alpha value is -1.13. The van der Waals surface area contributed by atoms with E-state index in [0.717, 1.165) is 18.8 Å². The number of nitrogens with one attached hydrogen (secondary N) is 2. The van der Waals surface area contributed by atoms with Crippen molar-refractivity contribution >= 4 is 5.84 Å². The van der Waals surface area contributed by atoms with Crippen LogP contribution in [0.3, 0.4) is 0 Å². The van der Waals surface area contributed by atoms with Crippen molar-refractivity contribution in [2.24, 2.45) is 4.99 Å². The van der Waals surface area contributed by atoms with Gasteiger partial charge in [-0.2, -0.15) is 5.43 Å². The maximum absolute atomic E-state index is 4.89. The van der Waals surface area contributed by atoms with Crippen LogP contribution in [-0.2, 0) is 0 Å². The van der Waals surface area contributed by atoms with E-state index in [2.05, 4.69) is 30.7 Å². The number of unbranched alkanes of at least 4 members (excludes halogenated alkanes) is 4. The van der Waals surface area contributed by atoms with Gasteiger partial charge in [0, 0.05) is 12.6 Å². The summed E-state index contributed by atoms with van der Waals surface area (Å²) in [5.74, 6) is 0.698.